The molecule has 3 heterocycles. The van der Waals surface area contributed by atoms with Crippen LogP contribution in [0.1, 0.15) is 41.3 Å². The number of esters is 2. The fraction of sp³-hybridized carbons (Fsp3) is 0.250. The predicted molar refractivity (Wildman–Crippen MR) is 114 cm³/mol. The van der Waals surface area contributed by atoms with Crippen molar-refractivity contribution in [2.45, 2.75) is 19.8 Å². The molecule has 8 nitrogen and oxygen atoms in total. The molecule has 0 spiro atoms. The first-order chi connectivity index (χ1) is 15.3. The van der Waals surface area contributed by atoms with Gasteiger partial charge in [-0.2, -0.15) is 0 Å². The van der Waals surface area contributed by atoms with Gasteiger partial charge in [0.1, 0.15) is 0 Å². The summed E-state index contributed by atoms with van der Waals surface area (Å²) in [5.41, 5.74) is 2.04. The van der Waals surface area contributed by atoms with Gasteiger partial charge in [-0.25, -0.2) is 9.78 Å². The highest BCUT2D eigenvalue weighted by Gasteiger charge is 2.47. The van der Waals surface area contributed by atoms with Crippen LogP contribution in [-0.4, -0.2) is 31.1 Å². The van der Waals surface area contributed by atoms with Gasteiger partial charge >= 0.3 is 17.8 Å². The Morgan fingerprint density at radius 3 is 2.41 bits per heavy atom. The first-order valence-electron chi connectivity index (χ1n) is 9.96. The Kier molecular flexibility index (Phi) is 5.30. The Balaban J connectivity index is 1.82. The van der Waals surface area contributed by atoms with E-state index in [9.17, 15) is 14.8 Å². The minimum Gasteiger partial charge on any atom is -0.616 e. The summed E-state index contributed by atoms with van der Waals surface area (Å²) in [5, 5.41) is 12.5. The van der Waals surface area contributed by atoms with Gasteiger partial charge in [0.25, 0.3) is 0 Å². The van der Waals surface area contributed by atoms with Gasteiger partial charge in [0.2, 0.25) is 5.88 Å². The van der Waals surface area contributed by atoms with Crippen molar-refractivity contribution in [3.05, 3.63) is 76.6 Å². The van der Waals surface area contributed by atoms with Gasteiger partial charge in [-0.15, -0.1) is 4.73 Å². The molecule has 3 aromatic rings. The van der Waals surface area contributed by atoms with E-state index in [4.69, 9.17) is 14.2 Å². The van der Waals surface area contributed by atoms with Crippen LogP contribution in [0, 0.1) is 10.6 Å². The second kappa shape index (κ2) is 7.96. The zero-order chi connectivity index (χ0) is 23.0. The van der Waals surface area contributed by atoms with Crippen LogP contribution in [-0.2, 0) is 14.3 Å². The van der Waals surface area contributed by atoms with E-state index < -0.39 is 23.3 Å². The summed E-state index contributed by atoms with van der Waals surface area (Å²) >= 11 is 0. The Labute approximate surface area is 185 Å². The predicted octanol–water partition coefficient (Wildman–Crippen LogP) is 3.61. The third-order valence-electron chi connectivity index (χ3n) is 5.68. The first kappa shape index (κ1) is 21.3. The van der Waals surface area contributed by atoms with Crippen LogP contribution in [0.5, 0.6) is 11.8 Å². The number of hydrogen-bond donors (Lipinski definition) is 0. The fourth-order valence-corrected chi connectivity index (χ4v) is 4.04. The van der Waals surface area contributed by atoms with Gasteiger partial charge in [0, 0.05) is 23.1 Å². The number of ether oxygens (including phenoxy) is 3. The molecule has 0 amide bonds. The topological polar surface area (TPSA) is 102 Å². The van der Waals surface area contributed by atoms with E-state index in [-0.39, 0.29) is 11.8 Å². The molecule has 164 valence electrons. The zero-order valence-electron chi connectivity index (χ0n) is 18.1. The fourth-order valence-electron chi connectivity index (χ4n) is 4.04. The Morgan fingerprint density at radius 1 is 1.03 bits per heavy atom. The molecule has 1 atom stereocenters. The number of methoxy groups -OCH3 is 2. The van der Waals surface area contributed by atoms with Crippen LogP contribution in [0.2, 0.25) is 0 Å². The molecule has 8 heteroatoms. The van der Waals surface area contributed by atoms with Gasteiger partial charge in [-0.05, 0) is 38.1 Å². The number of hydrogen-bond acceptors (Lipinski definition) is 7. The zero-order valence-corrected chi connectivity index (χ0v) is 18.1. The molecule has 0 N–H and O–H groups in total. The first-order valence-corrected chi connectivity index (χ1v) is 9.96. The van der Waals surface area contributed by atoms with Crippen molar-refractivity contribution in [1.29, 1.82) is 0 Å². The van der Waals surface area contributed by atoms with E-state index in [0.717, 1.165) is 5.56 Å². The lowest BCUT2D eigenvalue weighted by Gasteiger charge is -2.35. The lowest BCUT2D eigenvalue weighted by Crippen LogP contribution is -2.38. The van der Waals surface area contributed by atoms with E-state index in [0.29, 0.717) is 27.1 Å². The van der Waals surface area contributed by atoms with E-state index >= 15 is 0 Å². The van der Waals surface area contributed by atoms with Crippen molar-refractivity contribution < 1.29 is 28.5 Å². The Morgan fingerprint density at radius 2 is 1.75 bits per heavy atom. The molecular formula is C24H22N2O6. The molecule has 0 bridgehead atoms. The van der Waals surface area contributed by atoms with E-state index in [2.05, 4.69) is 4.98 Å². The van der Waals surface area contributed by atoms with Crippen LogP contribution in [0.3, 0.4) is 0 Å². The number of pyridine rings is 2. The summed E-state index contributed by atoms with van der Waals surface area (Å²) in [4.78, 5) is 28.9. The third-order valence-corrected chi connectivity index (χ3v) is 5.68. The maximum atomic E-state index is 12.6. The van der Waals surface area contributed by atoms with Crippen molar-refractivity contribution in [3.8, 4) is 23.0 Å². The smallest absolute Gasteiger partial charge is 0.390 e. The number of rotatable bonds is 4. The van der Waals surface area contributed by atoms with E-state index in [1.54, 1.807) is 50.2 Å². The number of carbonyl (C=O) groups is 2. The van der Waals surface area contributed by atoms with E-state index in [1.807, 2.05) is 12.1 Å². The molecule has 1 aliphatic heterocycles. The summed E-state index contributed by atoms with van der Waals surface area (Å²) in [6, 6.07) is 13.8. The average Bonchev–Trinajstić information content (AvgIpc) is 2.81. The largest absolute Gasteiger partial charge is 0.616 e. The van der Waals surface area contributed by atoms with Crippen LogP contribution in [0.4, 0.5) is 0 Å². The quantitative estimate of drug-likeness (QED) is 0.351. The Bertz CT molecular complexity index is 1200. The normalized spacial score (nSPS) is 14.6. The standard InChI is InChI=1S/C24H22N2O6/c1-24(2,23(28)31-4)19-16-11-12-18(14-7-9-15(10-8-14)22(27)30-3)25-20(16)32-21-17(19)6-5-13-26(21)29/h5-13,19H,1-4H3. The summed E-state index contributed by atoms with van der Waals surface area (Å²) in [7, 11) is 2.66. The van der Waals surface area contributed by atoms with Crippen LogP contribution < -0.4 is 9.47 Å². The Hall–Kier alpha value is -3.94. The second-order valence-electron chi connectivity index (χ2n) is 8.00. The molecule has 1 unspecified atom stereocenters. The highest BCUT2D eigenvalue weighted by Crippen LogP contribution is 2.50. The van der Waals surface area contributed by atoms with Crippen LogP contribution >= 0.6 is 0 Å². The average molecular weight is 434 g/mol. The van der Waals surface area contributed by atoms with Crippen molar-refractivity contribution in [2.24, 2.45) is 5.41 Å². The van der Waals surface area contributed by atoms with E-state index in [1.165, 1.54) is 20.4 Å². The lowest BCUT2D eigenvalue weighted by atomic mass is 9.71. The van der Waals surface area contributed by atoms with Crippen LogP contribution in [0.15, 0.2) is 54.7 Å². The molecule has 1 aromatic carbocycles. The van der Waals surface area contributed by atoms with Gasteiger partial charge in [-0.3, -0.25) is 4.79 Å². The minimum absolute atomic E-state index is 0.0765. The lowest BCUT2D eigenvalue weighted by molar-refractivity contribution is -0.612. The maximum Gasteiger partial charge on any atom is 0.390 e. The summed E-state index contributed by atoms with van der Waals surface area (Å²) < 4.78 is 16.3. The monoisotopic (exact) mass is 434 g/mol. The highest BCUT2D eigenvalue weighted by atomic mass is 16.6. The molecule has 4 rings (SSSR count). The van der Waals surface area contributed by atoms with Crippen LogP contribution in [0.25, 0.3) is 11.3 Å². The third kappa shape index (κ3) is 3.43. The minimum atomic E-state index is -0.984. The van der Waals surface area contributed by atoms with Crippen molar-refractivity contribution in [3.63, 3.8) is 0 Å². The number of fused-ring (bicyclic) bond motifs is 2. The molecular weight excluding hydrogens is 412 g/mol. The van der Waals surface area contributed by atoms with Gasteiger partial charge in [0.15, 0.2) is 6.20 Å². The summed E-state index contributed by atoms with van der Waals surface area (Å²) in [6.45, 7) is 3.54. The molecule has 0 radical (unpaired) electrons. The maximum absolute atomic E-state index is 12.6. The number of benzene rings is 1. The molecule has 32 heavy (non-hydrogen) atoms. The molecule has 0 fully saturated rings. The van der Waals surface area contributed by atoms with Crippen molar-refractivity contribution in [2.75, 3.05) is 14.2 Å². The highest BCUT2D eigenvalue weighted by molar-refractivity contribution is 5.89. The molecule has 1 aliphatic rings. The molecule has 0 saturated carbocycles. The second-order valence-corrected chi connectivity index (χ2v) is 8.00. The number of carbonyl (C=O) groups excluding carboxylic acids is 2. The molecule has 2 aromatic heterocycles. The number of aromatic nitrogens is 2. The van der Waals surface area contributed by atoms with Gasteiger partial charge in [-0.1, -0.05) is 18.2 Å². The summed E-state index contributed by atoms with van der Waals surface area (Å²) in [6.07, 6.45) is 1.33. The number of nitrogens with zero attached hydrogens (tertiary/aromatic N) is 2. The SMILES string of the molecule is COC(=O)c1ccc(-c2ccc3c(n2)Oc2c(ccc[n+]2[O-])C3C(C)(C)C(=O)OC)cc1. The van der Waals surface area contributed by atoms with Crippen molar-refractivity contribution in [1.82, 2.24) is 4.98 Å². The summed E-state index contributed by atoms with van der Waals surface area (Å²) in [5.74, 6) is -1.02. The van der Waals surface area contributed by atoms with Crippen molar-refractivity contribution >= 4 is 11.9 Å². The molecule has 0 saturated heterocycles. The van der Waals surface area contributed by atoms with Gasteiger partial charge < -0.3 is 19.4 Å². The van der Waals surface area contributed by atoms with Gasteiger partial charge in [0.05, 0.1) is 36.5 Å². The molecule has 0 aliphatic carbocycles.